The number of rotatable bonds is 5. The number of para-hydroxylation sites is 1. The van der Waals surface area contributed by atoms with E-state index < -0.39 is 5.91 Å². The lowest BCUT2D eigenvalue weighted by Gasteiger charge is -2.36. The number of hydrogen-bond acceptors (Lipinski definition) is 5. The van der Waals surface area contributed by atoms with Crippen molar-refractivity contribution >= 4 is 23.3 Å². The van der Waals surface area contributed by atoms with E-state index in [9.17, 15) is 14.4 Å². The van der Waals surface area contributed by atoms with Crippen molar-refractivity contribution in [3.63, 3.8) is 0 Å². The lowest BCUT2D eigenvalue weighted by Crippen LogP contribution is -2.40. The number of carbonyl (C=O) groups is 3. The van der Waals surface area contributed by atoms with Crippen LogP contribution in [-0.2, 0) is 19.1 Å². The minimum Gasteiger partial charge on any atom is -0.455 e. The molecule has 2 saturated carbocycles. The maximum atomic E-state index is 12.5. The number of ether oxygens (including phenoxy) is 1. The monoisotopic (exact) mass is 409 g/mol. The lowest BCUT2D eigenvalue weighted by molar-refractivity contribution is -0.155. The number of nitrogens with zero attached hydrogens (tertiary/aromatic N) is 2. The van der Waals surface area contributed by atoms with Crippen LogP contribution in [0.2, 0.25) is 0 Å². The molecule has 30 heavy (non-hydrogen) atoms. The number of esters is 1. The van der Waals surface area contributed by atoms with Crippen molar-refractivity contribution in [2.24, 2.45) is 17.8 Å². The average Bonchev–Trinajstić information content (AvgIpc) is 3.00. The first-order valence-electron chi connectivity index (χ1n) is 10.6. The predicted octanol–water partition coefficient (Wildman–Crippen LogP) is 3.37. The highest BCUT2D eigenvalue weighted by Crippen LogP contribution is 2.40. The van der Waals surface area contributed by atoms with E-state index in [1.807, 2.05) is 44.2 Å². The molecule has 2 atom stereocenters. The van der Waals surface area contributed by atoms with Gasteiger partial charge in [-0.15, -0.1) is 0 Å². The Hall–Kier alpha value is -2.96. The Bertz CT molecular complexity index is 950. The van der Waals surface area contributed by atoms with Gasteiger partial charge in [-0.1, -0.05) is 24.6 Å². The maximum Gasteiger partial charge on any atom is 0.309 e. The van der Waals surface area contributed by atoms with E-state index in [0.717, 1.165) is 30.6 Å². The van der Waals surface area contributed by atoms with E-state index in [1.165, 1.54) is 0 Å². The first kappa shape index (κ1) is 20.3. The third-order valence-corrected chi connectivity index (χ3v) is 6.28. The van der Waals surface area contributed by atoms with Crippen molar-refractivity contribution < 1.29 is 19.1 Å². The van der Waals surface area contributed by atoms with Gasteiger partial charge < -0.3 is 10.1 Å². The van der Waals surface area contributed by atoms with Crippen LogP contribution in [0.25, 0.3) is 5.69 Å². The molecular weight excluding hydrogens is 382 g/mol. The van der Waals surface area contributed by atoms with Crippen molar-refractivity contribution in [1.82, 2.24) is 9.78 Å². The molecule has 1 N–H and O–H groups in total. The van der Waals surface area contributed by atoms with E-state index in [-0.39, 0.29) is 30.3 Å². The van der Waals surface area contributed by atoms with E-state index in [0.29, 0.717) is 30.0 Å². The minimum atomic E-state index is -0.394. The number of anilines is 1. The zero-order valence-electron chi connectivity index (χ0n) is 17.4. The zero-order chi connectivity index (χ0) is 21.3. The summed E-state index contributed by atoms with van der Waals surface area (Å²) in [4.78, 5) is 37.1. The van der Waals surface area contributed by atoms with Gasteiger partial charge in [-0.3, -0.25) is 14.4 Å². The quantitative estimate of drug-likeness (QED) is 0.765. The highest BCUT2D eigenvalue weighted by atomic mass is 16.5. The predicted molar refractivity (Wildman–Crippen MR) is 111 cm³/mol. The summed E-state index contributed by atoms with van der Waals surface area (Å²) in [5.41, 5.74) is 3.02. The number of carbonyl (C=O) groups excluding carboxylic acids is 3. The summed E-state index contributed by atoms with van der Waals surface area (Å²) < 4.78 is 7.07. The Morgan fingerprint density at radius 1 is 1.13 bits per heavy atom. The topological polar surface area (TPSA) is 90.3 Å². The molecule has 2 bridgehead atoms. The fraction of sp³-hybridized carbons (Fsp3) is 0.478. The molecule has 2 fully saturated rings. The summed E-state index contributed by atoms with van der Waals surface area (Å²) in [6.45, 7) is 3.37. The van der Waals surface area contributed by atoms with Gasteiger partial charge in [0.15, 0.2) is 6.61 Å². The van der Waals surface area contributed by atoms with E-state index in [4.69, 9.17) is 4.74 Å². The molecule has 2 aliphatic rings. The first-order chi connectivity index (χ1) is 14.4. The molecule has 1 aromatic carbocycles. The molecular formula is C23H27N3O4. The highest BCUT2D eigenvalue weighted by molar-refractivity contribution is 5.94. The second-order valence-corrected chi connectivity index (χ2v) is 8.34. The van der Waals surface area contributed by atoms with Crippen molar-refractivity contribution in [3.8, 4) is 5.69 Å². The van der Waals surface area contributed by atoms with Crippen molar-refractivity contribution in [2.75, 3.05) is 11.9 Å². The third-order valence-electron chi connectivity index (χ3n) is 6.28. The van der Waals surface area contributed by atoms with Gasteiger partial charge in [-0.25, -0.2) is 4.68 Å². The number of aromatic nitrogens is 2. The summed E-state index contributed by atoms with van der Waals surface area (Å²) in [5, 5.41) is 7.32. The van der Waals surface area contributed by atoms with E-state index in [2.05, 4.69) is 10.4 Å². The van der Waals surface area contributed by atoms with Crippen LogP contribution in [0.1, 0.15) is 43.5 Å². The van der Waals surface area contributed by atoms with Crippen LogP contribution in [0.4, 0.5) is 5.69 Å². The van der Waals surface area contributed by atoms with Gasteiger partial charge in [0.2, 0.25) is 0 Å². The second kappa shape index (κ2) is 8.42. The average molecular weight is 409 g/mol. The molecule has 7 heteroatoms. The van der Waals surface area contributed by atoms with Gasteiger partial charge in [-0.2, -0.15) is 5.10 Å². The first-order valence-corrected chi connectivity index (χ1v) is 10.6. The van der Waals surface area contributed by atoms with Crippen LogP contribution in [0, 0.1) is 31.6 Å². The van der Waals surface area contributed by atoms with Crippen LogP contribution in [0.5, 0.6) is 0 Å². The number of hydrogen-bond donors (Lipinski definition) is 1. The van der Waals surface area contributed by atoms with Gasteiger partial charge >= 0.3 is 5.97 Å². The van der Waals surface area contributed by atoms with Gasteiger partial charge in [0, 0.05) is 11.8 Å². The molecule has 2 unspecified atom stereocenters. The van der Waals surface area contributed by atoms with Gasteiger partial charge in [0.05, 0.1) is 28.7 Å². The largest absolute Gasteiger partial charge is 0.455 e. The standard InChI is InChI=1S/C23H27N3O4/c1-14-21(15(2)26(25-14)19-9-4-3-5-10-19)24-20(27)13-30-23(29)18-11-16-7-6-8-17(12-18)22(16)28/h3-5,9-10,16-18H,6-8,11-13H2,1-2H3,(H,24,27). The molecule has 7 nitrogen and oxygen atoms in total. The van der Waals surface area contributed by atoms with E-state index >= 15 is 0 Å². The fourth-order valence-electron chi connectivity index (χ4n) is 4.75. The molecule has 158 valence electrons. The molecule has 1 amide bonds. The Balaban J connectivity index is 1.35. The molecule has 2 aliphatic carbocycles. The highest BCUT2D eigenvalue weighted by Gasteiger charge is 2.41. The van der Waals surface area contributed by atoms with Gasteiger partial charge in [-0.05, 0) is 51.7 Å². The molecule has 2 aromatic rings. The number of nitrogens with one attached hydrogen (secondary N) is 1. The van der Waals surface area contributed by atoms with Crippen LogP contribution in [-0.4, -0.2) is 34.0 Å². The molecule has 0 spiro atoms. The third kappa shape index (κ3) is 4.01. The Labute approximate surface area is 175 Å². The van der Waals surface area contributed by atoms with Crippen molar-refractivity contribution in [2.45, 2.75) is 46.0 Å². The summed E-state index contributed by atoms with van der Waals surface area (Å²) >= 11 is 0. The summed E-state index contributed by atoms with van der Waals surface area (Å²) in [6.07, 6.45) is 3.89. The van der Waals surface area contributed by atoms with Gasteiger partial charge in [0.1, 0.15) is 5.78 Å². The second-order valence-electron chi connectivity index (χ2n) is 8.34. The number of ketones is 1. The molecule has 1 heterocycles. The lowest BCUT2D eigenvalue weighted by atomic mass is 9.67. The number of Topliss-reactive ketones (excluding diaryl/α,β-unsaturated/α-hetero) is 1. The smallest absolute Gasteiger partial charge is 0.309 e. The normalized spacial score (nSPS) is 23.1. The summed E-state index contributed by atoms with van der Waals surface area (Å²) in [5.74, 6) is -0.771. The van der Waals surface area contributed by atoms with Crippen molar-refractivity contribution in [1.29, 1.82) is 0 Å². The Morgan fingerprint density at radius 2 is 1.80 bits per heavy atom. The summed E-state index contributed by atoms with van der Waals surface area (Å²) in [6, 6.07) is 9.67. The van der Waals surface area contributed by atoms with Crippen molar-refractivity contribution in [3.05, 3.63) is 41.7 Å². The maximum absolute atomic E-state index is 12.5. The van der Waals surface area contributed by atoms with Gasteiger partial charge in [0.25, 0.3) is 5.91 Å². The minimum absolute atomic E-state index is 0.0157. The van der Waals surface area contributed by atoms with Crippen LogP contribution in [0.15, 0.2) is 30.3 Å². The Kier molecular flexibility index (Phi) is 5.70. The molecule has 1 aromatic heterocycles. The zero-order valence-corrected chi connectivity index (χ0v) is 17.4. The SMILES string of the molecule is Cc1nn(-c2ccccc2)c(C)c1NC(=O)COC(=O)C1CC2CCCC(C1)C2=O. The van der Waals surface area contributed by atoms with Crippen LogP contribution < -0.4 is 5.32 Å². The number of amides is 1. The van der Waals surface area contributed by atoms with E-state index in [1.54, 1.807) is 4.68 Å². The fourth-order valence-corrected chi connectivity index (χ4v) is 4.75. The van der Waals surface area contributed by atoms with Crippen LogP contribution in [0.3, 0.4) is 0 Å². The molecule has 4 rings (SSSR count). The molecule has 0 saturated heterocycles. The Morgan fingerprint density at radius 3 is 2.47 bits per heavy atom. The number of fused-ring (bicyclic) bond motifs is 2. The summed E-state index contributed by atoms with van der Waals surface area (Å²) in [7, 11) is 0. The molecule has 0 radical (unpaired) electrons. The molecule has 0 aliphatic heterocycles. The number of benzene rings is 1. The number of aryl methyl sites for hydroxylation is 1. The van der Waals surface area contributed by atoms with Crippen LogP contribution >= 0.6 is 0 Å².